The number of ether oxygens (including phenoxy) is 1. The molecular formula is C12H24N2O2. The summed E-state index contributed by atoms with van der Waals surface area (Å²) < 4.78 is 5.40. The van der Waals surface area contributed by atoms with E-state index in [1.54, 1.807) is 0 Å². The number of hydrogen-bond donors (Lipinski definition) is 1. The van der Waals surface area contributed by atoms with Gasteiger partial charge in [-0.3, -0.25) is 0 Å². The molecule has 1 N–H and O–H groups in total. The SMILES string of the molecule is C[C@@H]1CN(C(=O)OC(C)(C)C)[C@@H](C)[C@@H](C)N1. The highest BCUT2D eigenvalue weighted by molar-refractivity contribution is 5.68. The summed E-state index contributed by atoms with van der Waals surface area (Å²) in [5.74, 6) is 0. The highest BCUT2D eigenvalue weighted by Crippen LogP contribution is 2.17. The summed E-state index contributed by atoms with van der Waals surface area (Å²) in [6.07, 6.45) is -0.208. The second-order valence-corrected chi connectivity index (χ2v) is 5.73. The van der Waals surface area contributed by atoms with E-state index in [1.165, 1.54) is 0 Å². The molecule has 0 bridgehead atoms. The molecule has 1 fully saturated rings. The van der Waals surface area contributed by atoms with Gasteiger partial charge in [0.1, 0.15) is 5.60 Å². The molecule has 0 saturated carbocycles. The first-order valence-electron chi connectivity index (χ1n) is 5.96. The first kappa shape index (κ1) is 13.3. The molecule has 1 aliphatic rings. The van der Waals surface area contributed by atoms with Crippen LogP contribution in [0.3, 0.4) is 0 Å². The van der Waals surface area contributed by atoms with Gasteiger partial charge in [-0.15, -0.1) is 0 Å². The van der Waals surface area contributed by atoms with Crippen LogP contribution in [0.4, 0.5) is 4.79 Å². The molecule has 0 unspecified atom stereocenters. The van der Waals surface area contributed by atoms with Crippen molar-refractivity contribution in [1.29, 1.82) is 0 Å². The smallest absolute Gasteiger partial charge is 0.410 e. The van der Waals surface area contributed by atoms with E-state index in [0.29, 0.717) is 18.6 Å². The maximum absolute atomic E-state index is 12.0. The summed E-state index contributed by atoms with van der Waals surface area (Å²) in [5, 5.41) is 3.43. The van der Waals surface area contributed by atoms with E-state index in [1.807, 2.05) is 32.6 Å². The molecule has 1 rings (SSSR count). The van der Waals surface area contributed by atoms with E-state index in [0.717, 1.165) is 0 Å². The Morgan fingerprint density at radius 3 is 2.38 bits per heavy atom. The minimum Gasteiger partial charge on any atom is -0.444 e. The van der Waals surface area contributed by atoms with Crippen LogP contribution < -0.4 is 5.32 Å². The lowest BCUT2D eigenvalue weighted by atomic mass is 10.0. The molecule has 94 valence electrons. The summed E-state index contributed by atoms with van der Waals surface area (Å²) in [7, 11) is 0. The van der Waals surface area contributed by atoms with Crippen molar-refractivity contribution in [2.45, 2.75) is 65.3 Å². The van der Waals surface area contributed by atoms with Crippen LogP contribution in [0.25, 0.3) is 0 Å². The third kappa shape index (κ3) is 3.37. The van der Waals surface area contributed by atoms with Crippen LogP contribution in [0.2, 0.25) is 0 Å². The fourth-order valence-electron chi connectivity index (χ4n) is 1.93. The van der Waals surface area contributed by atoms with Crippen LogP contribution in [-0.2, 0) is 4.74 Å². The molecule has 3 atom stereocenters. The number of carbonyl (C=O) groups is 1. The molecule has 16 heavy (non-hydrogen) atoms. The quantitative estimate of drug-likeness (QED) is 0.689. The van der Waals surface area contributed by atoms with Gasteiger partial charge in [0.15, 0.2) is 0 Å². The minimum absolute atomic E-state index is 0.172. The summed E-state index contributed by atoms with van der Waals surface area (Å²) in [4.78, 5) is 13.8. The van der Waals surface area contributed by atoms with Gasteiger partial charge in [-0.2, -0.15) is 0 Å². The molecule has 1 heterocycles. The number of rotatable bonds is 0. The van der Waals surface area contributed by atoms with Crippen LogP contribution >= 0.6 is 0 Å². The third-order valence-corrected chi connectivity index (χ3v) is 2.86. The highest BCUT2D eigenvalue weighted by atomic mass is 16.6. The van der Waals surface area contributed by atoms with E-state index in [2.05, 4.69) is 19.2 Å². The maximum atomic E-state index is 12.0. The summed E-state index contributed by atoms with van der Waals surface area (Å²) >= 11 is 0. The molecular weight excluding hydrogens is 204 g/mol. The van der Waals surface area contributed by atoms with Crippen LogP contribution in [0.15, 0.2) is 0 Å². The Morgan fingerprint density at radius 1 is 1.31 bits per heavy atom. The molecule has 0 radical (unpaired) electrons. The Balaban J connectivity index is 2.67. The van der Waals surface area contributed by atoms with Crippen molar-refractivity contribution in [2.24, 2.45) is 0 Å². The average Bonchev–Trinajstić information content (AvgIpc) is 2.08. The zero-order chi connectivity index (χ0) is 12.5. The van der Waals surface area contributed by atoms with Gasteiger partial charge in [-0.05, 0) is 41.5 Å². The topological polar surface area (TPSA) is 41.6 Å². The molecule has 1 saturated heterocycles. The van der Waals surface area contributed by atoms with Gasteiger partial charge >= 0.3 is 6.09 Å². The van der Waals surface area contributed by atoms with E-state index in [9.17, 15) is 4.79 Å². The average molecular weight is 228 g/mol. The first-order chi connectivity index (χ1) is 7.20. The van der Waals surface area contributed by atoms with Crippen LogP contribution in [-0.4, -0.2) is 41.3 Å². The standard InChI is InChI=1S/C12H24N2O2/c1-8-7-14(10(3)9(2)13-8)11(15)16-12(4,5)6/h8-10,13H,7H2,1-6H3/t8-,9-,10+/m1/s1. The number of hydrogen-bond acceptors (Lipinski definition) is 3. The van der Waals surface area contributed by atoms with Gasteiger partial charge in [0.25, 0.3) is 0 Å². The lowest BCUT2D eigenvalue weighted by molar-refractivity contribution is 0.00456. The molecule has 4 nitrogen and oxygen atoms in total. The molecule has 0 aliphatic carbocycles. The Kier molecular flexibility index (Phi) is 3.84. The second kappa shape index (κ2) is 4.62. The fourth-order valence-corrected chi connectivity index (χ4v) is 1.93. The molecule has 0 aromatic rings. The highest BCUT2D eigenvalue weighted by Gasteiger charge is 2.33. The molecule has 0 aromatic heterocycles. The van der Waals surface area contributed by atoms with Gasteiger partial charge in [0, 0.05) is 24.7 Å². The van der Waals surface area contributed by atoms with E-state index >= 15 is 0 Å². The van der Waals surface area contributed by atoms with Crippen molar-refractivity contribution in [2.75, 3.05) is 6.54 Å². The van der Waals surface area contributed by atoms with Crippen molar-refractivity contribution < 1.29 is 9.53 Å². The van der Waals surface area contributed by atoms with Gasteiger partial charge in [0.05, 0.1) is 0 Å². The number of amides is 1. The lowest BCUT2D eigenvalue weighted by Crippen LogP contribution is -2.61. The summed E-state index contributed by atoms with van der Waals surface area (Å²) in [6.45, 7) is 12.6. The summed E-state index contributed by atoms with van der Waals surface area (Å²) in [5.41, 5.74) is -0.422. The van der Waals surface area contributed by atoms with Gasteiger partial charge in [-0.1, -0.05) is 0 Å². The van der Waals surface area contributed by atoms with Crippen molar-refractivity contribution in [3.63, 3.8) is 0 Å². The monoisotopic (exact) mass is 228 g/mol. The first-order valence-corrected chi connectivity index (χ1v) is 5.96. The normalized spacial score (nSPS) is 31.4. The number of nitrogens with one attached hydrogen (secondary N) is 1. The Hall–Kier alpha value is -0.770. The van der Waals surface area contributed by atoms with Crippen molar-refractivity contribution in [3.8, 4) is 0 Å². The third-order valence-electron chi connectivity index (χ3n) is 2.86. The van der Waals surface area contributed by atoms with Gasteiger partial charge < -0.3 is 15.0 Å². The molecule has 0 spiro atoms. The molecule has 1 amide bonds. The van der Waals surface area contributed by atoms with Crippen molar-refractivity contribution in [1.82, 2.24) is 10.2 Å². The Labute approximate surface area is 98.3 Å². The van der Waals surface area contributed by atoms with Crippen LogP contribution in [0, 0.1) is 0 Å². The van der Waals surface area contributed by atoms with Gasteiger partial charge in [0.2, 0.25) is 0 Å². The van der Waals surface area contributed by atoms with Gasteiger partial charge in [-0.25, -0.2) is 4.79 Å². The van der Waals surface area contributed by atoms with Crippen molar-refractivity contribution in [3.05, 3.63) is 0 Å². The van der Waals surface area contributed by atoms with Crippen LogP contribution in [0.5, 0.6) is 0 Å². The predicted octanol–water partition coefficient (Wildman–Crippen LogP) is 1.99. The fraction of sp³-hybridized carbons (Fsp3) is 0.917. The lowest BCUT2D eigenvalue weighted by Gasteiger charge is -2.42. The molecule has 1 aliphatic heterocycles. The summed E-state index contributed by atoms with van der Waals surface area (Å²) in [6, 6.07) is 0.793. The number of nitrogens with zero attached hydrogens (tertiary/aromatic N) is 1. The Bertz CT molecular complexity index is 260. The molecule has 0 aromatic carbocycles. The zero-order valence-electron chi connectivity index (χ0n) is 11.2. The number of carbonyl (C=O) groups excluding carboxylic acids is 1. The maximum Gasteiger partial charge on any atom is 0.410 e. The minimum atomic E-state index is -0.422. The van der Waals surface area contributed by atoms with E-state index in [4.69, 9.17) is 4.74 Å². The number of piperazine rings is 1. The zero-order valence-corrected chi connectivity index (χ0v) is 11.2. The van der Waals surface area contributed by atoms with E-state index < -0.39 is 5.60 Å². The molecule has 4 heteroatoms. The predicted molar refractivity (Wildman–Crippen MR) is 64.5 cm³/mol. The van der Waals surface area contributed by atoms with E-state index in [-0.39, 0.29) is 12.1 Å². The van der Waals surface area contributed by atoms with Crippen molar-refractivity contribution >= 4 is 6.09 Å². The largest absolute Gasteiger partial charge is 0.444 e. The van der Waals surface area contributed by atoms with Crippen LogP contribution in [0.1, 0.15) is 41.5 Å². The second-order valence-electron chi connectivity index (χ2n) is 5.73. The Morgan fingerprint density at radius 2 is 1.88 bits per heavy atom.